The molecule has 3 heteroatoms. The molecule has 0 fully saturated rings. The number of rotatable bonds is 4. The summed E-state index contributed by atoms with van der Waals surface area (Å²) in [7, 11) is 0. The molecule has 2 aromatic rings. The van der Waals surface area contributed by atoms with Crippen LogP contribution in [0.2, 0.25) is 0 Å². The Balaban J connectivity index is 2.41. The van der Waals surface area contributed by atoms with Crippen molar-refractivity contribution in [3.8, 4) is 0 Å². The Labute approximate surface area is 100 Å². The van der Waals surface area contributed by atoms with E-state index >= 15 is 0 Å². The number of nitrogens with one attached hydrogen (secondary N) is 1. The van der Waals surface area contributed by atoms with E-state index in [1.54, 1.807) is 11.3 Å². The molecule has 3 N–H and O–H groups in total. The van der Waals surface area contributed by atoms with Crippen LogP contribution in [0.4, 0.5) is 0 Å². The molecule has 1 unspecified atom stereocenters. The molecule has 0 amide bonds. The van der Waals surface area contributed by atoms with Gasteiger partial charge in [-0.1, -0.05) is 31.2 Å². The van der Waals surface area contributed by atoms with E-state index < -0.39 is 0 Å². The maximum absolute atomic E-state index is 5.67. The zero-order valence-electron chi connectivity index (χ0n) is 9.31. The lowest BCUT2D eigenvalue weighted by molar-refractivity contribution is 0.633. The normalized spacial score (nSPS) is 12.6. The lowest BCUT2D eigenvalue weighted by Gasteiger charge is -2.18. The van der Waals surface area contributed by atoms with Crippen LogP contribution in [0.3, 0.4) is 0 Å². The predicted molar refractivity (Wildman–Crippen MR) is 69.3 cm³/mol. The predicted octanol–water partition coefficient (Wildman–Crippen LogP) is 2.86. The second kappa shape index (κ2) is 5.25. The van der Waals surface area contributed by atoms with Crippen LogP contribution in [0.5, 0.6) is 0 Å². The van der Waals surface area contributed by atoms with Crippen molar-refractivity contribution < 1.29 is 0 Å². The van der Waals surface area contributed by atoms with Gasteiger partial charge in [0.1, 0.15) is 0 Å². The molecule has 0 aliphatic rings. The van der Waals surface area contributed by atoms with Gasteiger partial charge in [0.05, 0.1) is 6.04 Å². The van der Waals surface area contributed by atoms with Crippen LogP contribution < -0.4 is 11.3 Å². The van der Waals surface area contributed by atoms with Crippen molar-refractivity contribution in [1.29, 1.82) is 0 Å². The summed E-state index contributed by atoms with van der Waals surface area (Å²) in [5.74, 6) is 5.67. The Morgan fingerprint density at radius 1 is 1.31 bits per heavy atom. The SMILES string of the molecule is CCc1ccccc1C(NN)c1ccsc1. The van der Waals surface area contributed by atoms with Crippen molar-refractivity contribution in [3.05, 3.63) is 57.8 Å². The van der Waals surface area contributed by atoms with E-state index in [2.05, 4.69) is 53.4 Å². The lowest BCUT2D eigenvalue weighted by atomic mass is 9.95. The molecule has 16 heavy (non-hydrogen) atoms. The highest BCUT2D eigenvalue weighted by molar-refractivity contribution is 7.08. The van der Waals surface area contributed by atoms with Crippen LogP contribution in [-0.4, -0.2) is 0 Å². The smallest absolute Gasteiger partial charge is 0.0720 e. The number of aryl methyl sites for hydroxylation is 1. The van der Waals surface area contributed by atoms with Gasteiger partial charge in [0.15, 0.2) is 0 Å². The van der Waals surface area contributed by atoms with E-state index in [1.807, 2.05) is 0 Å². The van der Waals surface area contributed by atoms with E-state index in [0.29, 0.717) is 0 Å². The van der Waals surface area contributed by atoms with Gasteiger partial charge in [0.2, 0.25) is 0 Å². The van der Waals surface area contributed by atoms with Gasteiger partial charge in [-0.2, -0.15) is 11.3 Å². The number of thiophene rings is 1. The fraction of sp³-hybridized carbons (Fsp3) is 0.231. The first-order valence-corrected chi connectivity index (χ1v) is 6.37. The van der Waals surface area contributed by atoms with E-state index in [-0.39, 0.29) is 6.04 Å². The van der Waals surface area contributed by atoms with Crippen molar-refractivity contribution in [1.82, 2.24) is 5.43 Å². The van der Waals surface area contributed by atoms with Gasteiger partial charge in [-0.3, -0.25) is 5.84 Å². The minimum Gasteiger partial charge on any atom is -0.271 e. The summed E-state index contributed by atoms with van der Waals surface area (Å²) in [5, 5.41) is 4.21. The van der Waals surface area contributed by atoms with Crippen LogP contribution in [0, 0.1) is 0 Å². The van der Waals surface area contributed by atoms with E-state index in [1.165, 1.54) is 16.7 Å². The average Bonchev–Trinajstić information content (AvgIpc) is 2.84. The molecule has 84 valence electrons. The maximum atomic E-state index is 5.67. The zero-order valence-corrected chi connectivity index (χ0v) is 10.1. The molecule has 1 atom stereocenters. The summed E-state index contributed by atoms with van der Waals surface area (Å²) >= 11 is 1.70. The maximum Gasteiger partial charge on any atom is 0.0720 e. The first-order chi connectivity index (χ1) is 7.86. The van der Waals surface area contributed by atoms with Gasteiger partial charge in [-0.05, 0) is 39.9 Å². The molecule has 0 aliphatic carbocycles. The van der Waals surface area contributed by atoms with Crippen molar-refractivity contribution in [2.24, 2.45) is 5.84 Å². The summed E-state index contributed by atoms with van der Waals surface area (Å²) in [4.78, 5) is 0. The topological polar surface area (TPSA) is 38.0 Å². The molecule has 0 bridgehead atoms. The van der Waals surface area contributed by atoms with Crippen LogP contribution in [0.15, 0.2) is 41.1 Å². The molecule has 0 radical (unpaired) electrons. The van der Waals surface area contributed by atoms with Crippen LogP contribution >= 0.6 is 11.3 Å². The standard InChI is InChI=1S/C13H16N2S/c1-2-10-5-3-4-6-12(10)13(15-14)11-7-8-16-9-11/h3-9,13,15H,2,14H2,1H3. The van der Waals surface area contributed by atoms with Gasteiger partial charge in [0.25, 0.3) is 0 Å². The highest BCUT2D eigenvalue weighted by atomic mass is 32.1. The molecule has 2 nitrogen and oxygen atoms in total. The third kappa shape index (κ3) is 2.16. The Kier molecular flexibility index (Phi) is 3.72. The molecule has 0 saturated heterocycles. The Bertz CT molecular complexity index is 437. The average molecular weight is 232 g/mol. The van der Waals surface area contributed by atoms with Gasteiger partial charge >= 0.3 is 0 Å². The zero-order chi connectivity index (χ0) is 11.4. The monoisotopic (exact) mass is 232 g/mol. The van der Waals surface area contributed by atoms with Crippen molar-refractivity contribution in [2.45, 2.75) is 19.4 Å². The summed E-state index contributed by atoms with van der Waals surface area (Å²) in [5.41, 5.74) is 6.75. The van der Waals surface area contributed by atoms with Crippen molar-refractivity contribution >= 4 is 11.3 Å². The minimum atomic E-state index is 0.0994. The first-order valence-electron chi connectivity index (χ1n) is 5.42. The van der Waals surface area contributed by atoms with E-state index in [4.69, 9.17) is 5.84 Å². The molecule has 2 rings (SSSR count). The number of hydrogen-bond donors (Lipinski definition) is 2. The van der Waals surface area contributed by atoms with Gasteiger partial charge in [-0.15, -0.1) is 0 Å². The van der Waals surface area contributed by atoms with Gasteiger partial charge in [0, 0.05) is 0 Å². The van der Waals surface area contributed by atoms with E-state index in [0.717, 1.165) is 6.42 Å². The molecule has 0 aliphatic heterocycles. The summed E-state index contributed by atoms with van der Waals surface area (Å²) < 4.78 is 0. The Hall–Kier alpha value is -1.16. The molecule has 0 spiro atoms. The van der Waals surface area contributed by atoms with E-state index in [9.17, 15) is 0 Å². The van der Waals surface area contributed by atoms with Gasteiger partial charge < -0.3 is 0 Å². The highest BCUT2D eigenvalue weighted by Crippen LogP contribution is 2.26. The summed E-state index contributed by atoms with van der Waals surface area (Å²) in [6.45, 7) is 2.17. The minimum absolute atomic E-state index is 0.0994. The lowest BCUT2D eigenvalue weighted by Crippen LogP contribution is -2.29. The van der Waals surface area contributed by atoms with Crippen LogP contribution in [0.1, 0.15) is 29.7 Å². The quantitative estimate of drug-likeness (QED) is 0.628. The van der Waals surface area contributed by atoms with Crippen molar-refractivity contribution in [2.75, 3.05) is 0 Å². The van der Waals surface area contributed by atoms with Gasteiger partial charge in [-0.25, -0.2) is 5.43 Å². The van der Waals surface area contributed by atoms with Crippen LogP contribution in [-0.2, 0) is 6.42 Å². The molecule has 1 aromatic carbocycles. The van der Waals surface area contributed by atoms with Crippen LogP contribution in [0.25, 0.3) is 0 Å². The number of nitrogens with two attached hydrogens (primary N) is 1. The fourth-order valence-corrected chi connectivity index (χ4v) is 2.63. The molecular weight excluding hydrogens is 216 g/mol. The molecule has 1 aromatic heterocycles. The third-order valence-corrected chi connectivity index (χ3v) is 3.49. The number of hydrogen-bond acceptors (Lipinski definition) is 3. The van der Waals surface area contributed by atoms with Crippen molar-refractivity contribution in [3.63, 3.8) is 0 Å². The number of hydrazine groups is 1. The first kappa shape index (κ1) is 11.3. The largest absolute Gasteiger partial charge is 0.271 e. The summed E-state index contributed by atoms with van der Waals surface area (Å²) in [6.07, 6.45) is 1.03. The molecule has 1 heterocycles. The number of benzene rings is 1. The third-order valence-electron chi connectivity index (χ3n) is 2.79. The Morgan fingerprint density at radius 2 is 2.12 bits per heavy atom. The highest BCUT2D eigenvalue weighted by Gasteiger charge is 2.14. The molecular formula is C13H16N2S. The molecule has 0 saturated carbocycles. The Morgan fingerprint density at radius 3 is 2.75 bits per heavy atom. The fourth-order valence-electron chi connectivity index (χ4n) is 1.94. The second-order valence-corrected chi connectivity index (χ2v) is 4.49. The second-order valence-electron chi connectivity index (χ2n) is 3.71. The summed E-state index contributed by atoms with van der Waals surface area (Å²) in [6, 6.07) is 10.6.